The van der Waals surface area contributed by atoms with E-state index in [4.69, 9.17) is 17.3 Å². The predicted molar refractivity (Wildman–Crippen MR) is 86.2 cm³/mol. The maximum atomic E-state index is 12.2. The first-order chi connectivity index (χ1) is 8.79. The van der Waals surface area contributed by atoms with Crippen LogP contribution in [0, 0.1) is 10.5 Å². The third-order valence-corrected chi connectivity index (χ3v) is 6.14. The first kappa shape index (κ1) is 14.8. The summed E-state index contributed by atoms with van der Waals surface area (Å²) in [7, 11) is -3.72. The van der Waals surface area contributed by atoms with E-state index in [1.54, 1.807) is 25.1 Å². The zero-order valence-electron chi connectivity index (χ0n) is 9.65. The van der Waals surface area contributed by atoms with Crippen molar-refractivity contribution in [1.29, 1.82) is 0 Å². The van der Waals surface area contributed by atoms with Crippen LogP contribution in [0.25, 0.3) is 0 Å². The highest BCUT2D eigenvalue weighted by Crippen LogP contribution is 2.30. The van der Waals surface area contributed by atoms with Crippen molar-refractivity contribution in [2.24, 2.45) is 0 Å². The minimum atomic E-state index is -3.72. The first-order valence-corrected chi connectivity index (χ1v) is 8.76. The summed E-state index contributed by atoms with van der Waals surface area (Å²) in [6, 6.07) is 5.05. The number of halogens is 2. The molecule has 0 aliphatic heterocycles. The molecule has 0 aliphatic carbocycles. The van der Waals surface area contributed by atoms with E-state index in [1.165, 1.54) is 0 Å². The van der Waals surface area contributed by atoms with Gasteiger partial charge in [-0.25, -0.2) is 13.4 Å². The van der Waals surface area contributed by atoms with E-state index < -0.39 is 10.0 Å². The second kappa shape index (κ2) is 5.43. The Balaban J connectivity index is 2.39. The van der Waals surface area contributed by atoms with Crippen LogP contribution in [0.3, 0.4) is 0 Å². The lowest BCUT2D eigenvalue weighted by Gasteiger charge is -2.08. The normalized spacial score (nSPS) is 11.5. The molecule has 1 aromatic carbocycles. The van der Waals surface area contributed by atoms with Crippen LogP contribution in [0.2, 0.25) is 5.02 Å². The van der Waals surface area contributed by atoms with Crippen molar-refractivity contribution in [3.8, 4) is 0 Å². The van der Waals surface area contributed by atoms with Gasteiger partial charge in [0.15, 0.2) is 9.34 Å². The van der Waals surface area contributed by atoms with Crippen LogP contribution in [0.1, 0.15) is 5.69 Å². The van der Waals surface area contributed by atoms with Gasteiger partial charge in [0.05, 0.1) is 16.4 Å². The summed E-state index contributed by atoms with van der Waals surface area (Å²) in [6.07, 6.45) is 0. The number of anilines is 2. The van der Waals surface area contributed by atoms with Gasteiger partial charge in [-0.15, -0.1) is 0 Å². The van der Waals surface area contributed by atoms with Crippen molar-refractivity contribution in [2.75, 3.05) is 10.5 Å². The Hall–Kier alpha value is -0.580. The quantitative estimate of drug-likeness (QED) is 0.734. The Morgan fingerprint density at radius 1 is 1.47 bits per heavy atom. The van der Waals surface area contributed by atoms with E-state index in [2.05, 4.69) is 32.3 Å². The van der Waals surface area contributed by atoms with Gasteiger partial charge in [0.25, 0.3) is 10.0 Å². The summed E-state index contributed by atoms with van der Waals surface area (Å²) in [6.45, 7) is 1.59. The zero-order valence-corrected chi connectivity index (χ0v) is 14.2. The van der Waals surface area contributed by atoms with Gasteiger partial charge >= 0.3 is 0 Å². The fraction of sp³-hybridized carbons (Fsp3) is 0.100. The Morgan fingerprint density at radius 3 is 2.68 bits per heavy atom. The second-order valence-electron chi connectivity index (χ2n) is 3.65. The average Bonchev–Trinajstić information content (AvgIpc) is 2.63. The summed E-state index contributed by atoms with van der Waals surface area (Å²) in [5, 5.41) is 0.553. The average molecular weight is 430 g/mol. The molecule has 0 unspecified atom stereocenters. The van der Waals surface area contributed by atoms with Crippen molar-refractivity contribution in [2.45, 2.75) is 11.1 Å². The van der Waals surface area contributed by atoms with Crippen molar-refractivity contribution in [3.63, 3.8) is 0 Å². The third-order valence-electron chi connectivity index (χ3n) is 2.19. The van der Waals surface area contributed by atoms with E-state index in [0.717, 1.165) is 14.9 Å². The topological polar surface area (TPSA) is 85.1 Å². The molecule has 1 heterocycles. The van der Waals surface area contributed by atoms with Gasteiger partial charge in [0.2, 0.25) is 0 Å². The maximum absolute atomic E-state index is 12.2. The molecule has 0 spiro atoms. The van der Waals surface area contributed by atoms with Crippen LogP contribution in [0.15, 0.2) is 22.4 Å². The molecule has 3 N–H and O–H groups in total. The van der Waals surface area contributed by atoms with E-state index in [9.17, 15) is 8.42 Å². The number of aromatic nitrogens is 1. The molecule has 9 heteroatoms. The SMILES string of the molecule is Cc1nc(N)sc1S(=O)(=O)Nc1ccc(I)cc1Cl. The summed E-state index contributed by atoms with van der Waals surface area (Å²) in [4.78, 5) is 3.90. The van der Waals surface area contributed by atoms with Gasteiger partial charge in [-0.3, -0.25) is 4.72 Å². The van der Waals surface area contributed by atoms with E-state index in [1.807, 2.05) is 0 Å². The number of hydrogen-bond donors (Lipinski definition) is 2. The molecule has 0 saturated heterocycles. The molecular formula is C10H9ClIN3O2S2. The van der Waals surface area contributed by atoms with E-state index in [-0.39, 0.29) is 9.34 Å². The number of thiazole rings is 1. The van der Waals surface area contributed by atoms with Crippen LogP contribution >= 0.6 is 45.5 Å². The molecule has 0 atom stereocenters. The number of hydrogen-bond acceptors (Lipinski definition) is 5. The Kier molecular flexibility index (Phi) is 4.23. The fourth-order valence-corrected chi connectivity index (χ4v) is 4.75. The van der Waals surface area contributed by atoms with Gasteiger partial charge < -0.3 is 5.73 Å². The predicted octanol–water partition coefficient (Wildman–Crippen LogP) is 3.09. The van der Waals surface area contributed by atoms with Crippen LogP contribution < -0.4 is 10.5 Å². The molecule has 0 aliphatic rings. The minimum Gasteiger partial charge on any atom is -0.375 e. The monoisotopic (exact) mass is 429 g/mol. The highest BCUT2D eigenvalue weighted by Gasteiger charge is 2.22. The highest BCUT2D eigenvalue weighted by molar-refractivity contribution is 14.1. The minimum absolute atomic E-state index is 0.0969. The molecule has 0 fully saturated rings. The molecule has 102 valence electrons. The summed E-state index contributed by atoms with van der Waals surface area (Å²) < 4.78 is 27.9. The number of nitrogens with one attached hydrogen (secondary N) is 1. The first-order valence-electron chi connectivity index (χ1n) is 5.00. The summed E-state index contributed by atoms with van der Waals surface area (Å²) in [5.74, 6) is 0. The molecule has 2 rings (SSSR count). The van der Waals surface area contributed by atoms with E-state index in [0.29, 0.717) is 16.4 Å². The smallest absolute Gasteiger partial charge is 0.273 e. The molecular weight excluding hydrogens is 421 g/mol. The molecule has 5 nitrogen and oxygen atoms in total. The van der Waals surface area contributed by atoms with Crippen LogP contribution in [-0.4, -0.2) is 13.4 Å². The Bertz CT molecular complexity index is 730. The lowest BCUT2D eigenvalue weighted by atomic mass is 10.3. The van der Waals surface area contributed by atoms with Crippen molar-refractivity contribution >= 4 is 66.4 Å². The number of nitrogen functional groups attached to an aromatic ring is 1. The van der Waals surface area contributed by atoms with Gasteiger partial charge in [-0.2, -0.15) is 0 Å². The summed E-state index contributed by atoms with van der Waals surface area (Å²) in [5.41, 5.74) is 6.21. The number of aryl methyl sites for hydroxylation is 1. The van der Waals surface area contributed by atoms with Crippen molar-refractivity contribution in [1.82, 2.24) is 4.98 Å². The second-order valence-corrected chi connectivity index (χ2v) is 8.22. The fourth-order valence-electron chi connectivity index (χ4n) is 1.42. The highest BCUT2D eigenvalue weighted by atomic mass is 127. The van der Waals surface area contributed by atoms with Crippen molar-refractivity contribution in [3.05, 3.63) is 32.5 Å². The Morgan fingerprint density at radius 2 is 2.16 bits per heavy atom. The summed E-state index contributed by atoms with van der Waals surface area (Å²) >= 11 is 9.01. The largest absolute Gasteiger partial charge is 0.375 e. The van der Waals surface area contributed by atoms with Gasteiger partial charge in [0.1, 0.15) is 0 Å². The van der Waals surface area contributed by atoms with Crippen LogP contribution in [0.5, 0.6) is 0 Å². The van der Waals surface area contributed by atoms with Crippen LogP contribution in [0.4, 0.5) is 10.8 Å². The third kappa shape index (κ3) is 3.30. The molecule has 0 radical (unpaired) electrons. The number of sulfonamides is 1. The molecule has 0 bridgehead atoms. The van der Waals surface area contributed by atoms with E-state index >= 15 is 0 Å². The maximum Gasteiger partial charge on any atom is 0.273 e. The number of nitrogens with zero attached hydrogens (tertiary/aromatic N) is 1. The Labute approximate surface area is 133 Å². The van der Waals surface area contributed by atoms with Crippen molar-refractivity contribution < 1.29 is 8.42 Å². The lowest BCUT2D eigenvalue weighted by molar-refractivity contribution is 0.602. The van der Waals surface area contributed by atoms with Gasteiger partial charge in [-0.1, -0.05) is 22.9 Å². The van der Waals surface area contributed by atoms with Gasteiger partial charge in [0, 0.05) is 3.57 Å². The number of benzene rings is 1. The standard InChI is InChI=1S/C10H9ClIN3O2S2/c1-5-9(18-10(13)14-5)19(16,17)15-8-3-2-6(12)4-7(8)11/h2-4,15H,1H3,(H2,13,14). The number of nitrogens with two attached hydrogens (primary N) is 1. The molecule has 0 amide bonds. The molecule has 19 heavy (non-hydrogen) atoms. The lowest BCUT2D eigenvalue weighted by Crippen LogP contribution is -2.13. The number of rotatable bonds is 3. The molecule has 2 aromatic rings. The molecule has 1 aromatic heterocycles. The van der Waals surface area contributed by atoms with Crippen LogP contribution in [-0.2, 0) is 10.0 Å². The van der Waals surface area contributed by atoms with Gasteiger partial charge in [-0.05, 0) is 47.7 Å². The molecule has 0 saturated carbocycles. The zero-order chi connectivity index (χ0) is 14.2.